The Hall–Kier alpha value is -1.27. The predicted molar refractivity (Wildman–Crippen MR) is 83.3 cm³/mol. The summed E-state index contributed by atoms with van der Waals surface area (Å²) in [6.07, 6.45) is -4.33. The van der Waals surface area contributed by atoms with Crippen LogP contribution in [0.25, 0.3) is 0 Å². The third kappa shape index (κ3) is 5.85. The molecule has 0 fully saturated rings. The molecule has 0 aromatic heterocycles. The molecule has 0 aliphatic carbocycles. The Kier molecular flexibility index (Phi) is 8.48. The highest BCUT2D eigenvalue weighted by atomic mass is 35.5. The van der Waals surface area contributed by atoms with E-state index in [4.69, 9.17) is 0 Å². The Morgan fingerprint density at radius 3 is 2.45 bits per heavy atom. The highest BCUT2D eigenvalue weighted by Gasteiger charge is 2.34. The first-order valence-corrected chi connectivity index (χ1v) is 6.82. The minimum absolute atomic E-state index is 0. The van der Waals surface area contributed by atoms with Crippen LogP contribution in [0.15, 0.2) is 24.3 Å². The van der Waals surface area contributed by atoms with Gasteiger partial charge in [-0.3, -0.25) is 4.79 Å². The largest absolute Gasteiger partial charge is 0.416 e. The van der Waals surface area contributed by atoms with E-state index >= 15 is 0 Å². The first-order chi connectivity index (χ1) is 9.77. The van der Waals surface area contributed by atoms with Gasteiger partial charge >= 0.3 is 6.18 Å². The minimum Gasteiger partial charge on any atom is -0.344 e. The summed E-state index contributed by atoms with van der Waals surface area (Å²) in [7, 11) is 3.43. The highest BCUT2D eigenvalue weighted by Crippen LogP contribution is 2.36. The van der Waals surface area contributed by atoms with Gasteiger partial charge in [-0.2, -0.15) is 13.2 Å². The molecule has 1 aromatic rings. The lowest BCUT2D eigenvalue weighted by Crippen LogP contribution is -2.33. The second kappa shape index (κ2) is 9.00. The zero-order chi connectivity index (χ0) is 16.0. The number of halogens is 4. The van der Waals surface area contributed by atoms with Gasteiger partial charge in [0.2, 0.25) is 5.91 Å². The van der Waals surface area contributed by atoms with Crippen LogP contribution in [-0.2, 0) is 11.0 Å². The van der Waals surface area contributed by atoms with Crippen molar-refractivity contribution in [2.75, 3.05) is 27.2 Å². The average molecular weight is 339 g/mol. The molecule has 1 amide bonds. The molecule has 0 bridgehead atoms. The molecule has 0 saturated heterocycles. The van der Waals surface area contributed by atoms with E-state index in [1.54, 1.807) is 27.1 Å². The third-order valence-corrected chi connectivity index (χ3v) is 3.40. The Bertz CT molecular complexity index is 480. The van der Waals surface area contributed by atoms with Gasteiger partial charge in [-0.1, -0.05) is 25.1 Å². The lowest BCUT2D eigenvalue weighted by Gasteiger charge is -2.21. The quantitative estimate of drug-likeness (QED) is 0.863. The van der Waals surface area contributed by atoms with Crippen molar-refractivity contribution in [1.29, 1.82) is 0 Å². The number of carbonyl (C=O) groups is 1. The molecule has 0 aliphatic heterocycles. The van der Waals surface area contributed by atoms with E-state index in [0.717, 1.165) is 6.07 Å². The fourth-order valence-electron chi connectivity index (χ4n) is 2.12. The SMILES string of the molecule is CNCCN(C)C(=O)CC(C)c1ccccc1C(F)(F)F.Cl. The van der Waals surface area contributed by atoms with Crippen molar-refractivity contribution in [1.82, 2.24) is 10.2 Å². The first-order valence-electron chi connectivity index (χ1n) is 6.82. The van der Waals surface area contributed by atoms with E-state index in [0.29, 0.717) is 13.1 Å². The number of hydrogen-bond donors (Lipinski definition) is 1. The van der Waals surface area contributed by atoms with Gasteiger partial charge in [0.15, 0.2) is 0 Å². The summed E-state index contributed by atoms with van der Waals surface area (Å²) in [6.45, 7) is 2.83. The van der Waals surface area contributed by atoms with Crippen LogP contribution in [0.1, 0.15) is 30.4 Å². The van der Waals surface area contributed by atoms with Crippen molar-refractivity contribution in [2.24, 2.45) is 0 Å². The molecule has 1 rings (SSSR count). The maximum Gasteiger partial charge on any atom is 0.416 e. The number of rotatable bonds is 6. The van der Waals surface area contributed by atoms with Crippen LogP contribution < -0.4 is 5.32 Å². The van der Waals surface area contributed by atoms with E-state index in [1.165, 1.54) is 17.0 Å². The molecular weight excluding hydrogens is 317 g/mol. The van der Waals surface area contributed by atoms with Crippen molar-refractivity contribution < 1.29 is 18.0 Å². The fraction of sp³-hybridized carbons (Fsp3) is 0.533. The number of amides is 1. The highest BCUT2D eigenvalue weighted by molar-refractivity contribution is 5.85. The van der Waals surface area contributed by atoms with Crippen LogP contribution >= 0.6 is 12.4 Å². The van der Waals surface area contributed by atoms with Gasteiger partial charge in [0.1, 0.15) is 0 Å². The summed E-state index contributed by atoms with van der Waals surface area (Å²) in [5.41, 5.74) is -0.497. The lowest BCUT2D eigenvalue weighted by atomic mass is 9.92. The van der Waals surface area contributed by atoms with Crippen LogP contribution in [0.5, 0.6) is 0 Å². The first kappa shape index (κ1) is 20.7. The maximum absolute atomic E-state index is 13.0. The molecule has 0 saturated carbocycles. The van der Waals surface area contributed by atoms with Crippen molar-refractivity contribution >= 4 is 18.3 Å². The maximum atomic E-state index is 13.0. The van der Waals surface area contributed by atoms with Crippen LogP contribution in [0, 0.1) is 0 Å². The number of nitrogens with one attached hydrogen (secondary N) is 1. The van der Waals surface area contributed by atoms with Crippen molar-refractivity contribution in [3.8, 4) is 0 Å². The smallest absolute Gasteiger partial charge is 0.344 e. The Labute approximate surface area is 135 Å². The standard InChI is InChI=1S/C15H21F3N2O.ClH/c1-11(10-14(21)20(3)9-8-19-2)12-6-4-5-7-13(12)15(16,17)18;/h4-7,11,19H,8-10H2,1-3H3;1H. The lowest BCUT2D eigenvalue weighted by molar-refractivity contribution is -0.139. The van der Waals surface area contributed by atoms with Crippen LogP contribution in [0.4, 0.5) is 13.2 Å². The Morgan fingerprint density at radius 2 is 1.91 bits per heavy atom. The van der Waals surface area contributed by atoms with E-state index in [1.807, 2.05) is 0 Å². The molecule has 1 unspecified atom stereocenters. The summed E-state index contributed by atoms with van der Waals surface area (Å²) >= 11 is 0. The number of likely N-dealkylation sites (N-methyl/N-ethyl adjacent to an activating group) is 2. The molecule has 0 heterocycles. The Balaban J connectivity index is 0.00000441. The van der Waals surface area contributed by atoms with Gasteiger partial charge in [-0.25, -0.2) is 0 Å². The molecule has 1 aromatic carbocycles. The third-order valence-electron chi connectivity index (χ3n) is 3.40. The summed E-state index contributed by atoms with van der Waals surface area (Å²) < 4.78 is 38.9. The summed E-state index contributed by atoms with van der Waals surface area (Å²) in [4.78, 5) is 13.5. The van der Waals surface area contributed by atoms with Gasteiger partial charge in [0.05, 0.1) is 5.56 Å². The molecule has 1 N–H and O–H groups in total. The molecule has 3 nitrogen and oxygen atoms in total. The number of hydrogen-bond acceptors (Lipinski definition) is 2. The molecule has 0 aliphatic rings. The molecule has 7 heteroatoms. The molecule has 0 radical (unpaired) electrons. The summed E-state index contributed by atoms with van der Waals surface area (Å²) in [5, 5.41) is 2.92. The number of carbonyl (C=O) groups excluding carboxylic acids is 1. The molecule has 0 spiro atoms. The predicted octanol–water partition coefficient (Wildman–Crippen LogP) is 3.30. The molecule has 22 heavy (non-hydrogen) atoms. The van der Waals surface area contributed by atoms with Crippen LogP contribution in [0.3, 0.4) is 0 Å². The van der Waals surface area contributed by atoms with E-state index in [9.17, 15) is 18.0 Å². The molecule has 1 atom stereocenters. The number of alkyl halides is 3. The topological polar surface area (TPSA) is 32.3 Å². The molecular formula is C15H22ClF3N2O. The van der Waals surface area contributed by atoms with Crippen molar-refractivity contribution in [3.05, 3.63) is 35.4 Å². The van der Waals surface area contributed by atoms with Gasteiger partial charge in [-0.15, -0.1) is 12.4 Å². The number of nitrogens with zero attached hydrogens (tertiary/aromatic N) is 1. The Morgan fingerprint density at radius 1 is 1.32 bits per heavy atom. The minimum atomic E-state index is -4.40. The average Bonchev–Trinajstić information content (AvgIpc) is 2.43. The monoisotopic (exact) mass is 338 g/mol. The van der Waals surface area contributed by atoms with Gasteiger partial charge in [0, 0.05) is 26.6 Å². The molecule has 126 valence electrons. The van der Waals surface area contributed by atoms with E-state index in [-0.39, 0.29) is 30.3 Å². The normalized spacial score (nSPS) is 12.5. The second-order valence-corrected chi connectivity index (χ2v) is 5.11. The summed E-state index contributed by atoms with van der Waals surface area (Å²) in [6, 6.07) is 5.42. The van der Waals surface area contributed by atoms with Gasteiger partial charge in [-0.05, 0) is 24.6 Å². The van der Waals surface area contributed by atoms with Gasteiger partial charge < -0.3 is 10.2 Å². The van der Waals surface area contributed by atoms with E-state index < -0.39 is 17.7 Å². The fourth-order valence-corrected chi connectivity index (χ4v) is 2.12. The van der Waals surface area contributed by atoms with Crippen LogP contribution in [0.2, 0.25) is 0 Å². The second-order valence-electron chi connectivity index (χ2n) is 5.11. The van der Waals surface area contributed by atoms with Crippen LogP contribution in [-0.4, -0.2) is 38.0 Å². The zero-order valence-corrected chi connectivity index (χ0v) is 13.7. The van der Waals surface area contributed by atoms with Crippen molar-refractivity contribution in [2.45, 2.75) is 25.4 Å². The number of benzene rings is 1. The van der Waals surface area contributed by atoms with E-state index in [2.05, 4.69) is 5.32 Å². The van der Waals surface area contributed by atoms with Gasteiger partial charge in [0.25, 0.3) is 0 Å². The summed E-state index contributed by atoms with van der Waals surface area (Å²) in [5.74, 6) is -0.637. The van der Waals surface area contributed by atoms with Crippen molar-refractivity contribution in [3.63, 3.8) is 0 Å². The zero-order valence-electron chi connectivity index (χ0n) is 12.9.